The third-order valence-electron chi connectivity index (χ3n) is 7.72. The molecule has 2 heterocycles. The van der Waals surface area contributed by atoms with Gasteiger partial charge in [0.25, 0.3) is 5.91 Å². The van der Waals surface area contributed by atoms with Gasteiger partial charge in [-0.2, -0.15) is 0 Å². The lowest BCUT2D eigenvalue weighted by molar-refractivity contribution is -0.131. The maximum absolute atomic E-state index is 13.8. The Kier molecular flexibility index (Phi) is 10.6. The van der Waals surface area contributed by atoms with Gasteiger partial charge in [-0.25, -0.2) is 4.98 Å². The number of benzene rings is 3. The van der Waals surface area contributed by atoms with Crippen LogP contribution in [-0.4, -0.2) is 59.4 Å². The number of fused-ring (bicyclic) bond motifs is 1. The SMILES string of the molecule is Cc1nc(CC(=O)N2CCCN(Cc3ccccc3)CCCN(C(=O)COc3ccccc3)c3c(C)cccc3C2)cs1. The molecule has 43 heavy (non-hydrogen) atoms. The van der Waals surface area contributed by atoms with Crippen LogP contribution in [0.15, 0.2) is 84.2 Å². The first-order valence-corrected chi connectivity index (χ1v) is 15.9. The standard InChI is InChI=1S/C35H40N4O3S/c1-27-12-9-15-30-24-38(33(40)22-31-26-43-28(2)36-31)20-10-18-37(23-29-13-5-3-6-14-29)19-11-21-39(35(27)30)34(41)25-42-32-16-7-4-8-17-32/h3-9,12-17,26H,10-11,18-25H2,1-2H3. The van der Waals surface area contributed by atoms with E-state index in [1.807, 2.05) is 83.6 Å². The van der Waals surface area contributed by atoms with Crippen molar-refractivity contribution in [2.24, 2.45) is 0 Å². The highest BCUT2D eigenvalue weighted by Gasteiger charge is 2.25. The molecular weight excluding hydrogens is 556 g/mol. The van der Waals surface area contributed by atoms with Gasteiger partial charge in [0, 0.05) is 44.6 Å². The van der Waals surface area contributed by atoms with Crippen LogP contribution in [0.1, 0.15) is 40.2 Å². The smallest absolute Gasteiger partial charge is 0.264 e. The van der Waals surface area contributed by atoms with Crippen molar-refractivity contribution in [3.63, 3.8) is 0 Å². The Balaban J connectivity index is 1.43. The van der Waals surface area contributed by atoms with Crippen molar-refractivity contribution in [3.05, 3.63) is 112 Å². The van der Waals surface area contributed by atoms with E-state index in [0.717, 1.165) is 60.0 Å². The lowest BCUT2D eigenvalue weighted by Gasteiger charge is -2.32. The molecule has 0 atom stereocenters. The summed E-state index contributed by atoms with van der Waals surface area (Å²) in [5.41, 5.74) is 4.92. The zero-order valence-electron chi connectivity index (χ0n) is 25.1. The fraction of sp³-hybridized carbons (Fsp3) is 0.343. The fourth-order valence-corrected chi connectivity index (χ4v) is 6.25. The third-order valence-corrected chi connectivity index (χ3v) is 8.54. The van der Waals surface area contributed by atoms with Crippen molar-refractivity contribution in [2.45, 2.75) is 46.2 Å². The molecule has 2 amide bonds. The first kappa shape index (κ1) is 30.4. The van der Waals surface area contributed by atoms with E-state index in [4.69, 9.17) is 4.74 Å². The minimum Gasteiger partial charge on any atom is -0.484 e. The molecule has 5 rings (SSSR count). The predicted octanol–water partition coefficient (Wildman–Crippen LogP) is 6.04. The minimum atomic E-state index is -0.0955. The number of aromatic nitrogens is 1. The predicted molar refractivity (Wildman–Crippen MR) is 172 cm³/mol. The van der Waals surface area contributed by atoms with E-state index >= 15 is 0 Å². The number of nitrogens with zero attached hydrogens (tertiary/aromatic N) is 4. The number of hydrogen-bond donors (Lipinski definition) is 0. The molecule has 0 bridgehead atoms. The van der Waals surface area contributed by atoms with E-state index in [9.17, 15) is 9.59 Å². The molecule has 224 valence electrons. The molecule has 0 spiro atoms. The summed E-state index contributed by atoms with van der Waals surface area (Å²) in [6.45, 7) is 8.09. The second-order valence-corrected chi connectivity index (χ2v) is 12.1. The number of hydrogen-bond acceptors (Lipinski definition) is 6. The van der Waals surface area contributed by atoms with E-state index < -0.39 is 0 Å². The van der Waals surface area contributed by atoms with Crippen LogP contribution < -0.4 is 9.64 Å². The monoisotopic (exact) mass is 596 g/mol. The summed E-state index contributed by atoms with van der Waals surface area (Å²) in [5.74, 6) is 0.620. The number of thiazole rings is 1. The molecule has 7 nitrogen and oxygen atoms in total. The number of aryl methyl sites for hydroxylation is 2. The van der Waals surface area contributed by atoms with Gasteiger partial charge in [-0.1, -0.05) is 66.7 Å². The van der Waals surface area contributed by atoms with Crippen LogP contribution in [0, 0.1) is 13.8 Å². The highest BCUT2D eigenvalue weighted by Crippen LogP contribution is 2.28. The zero-order chi connectivity index (χ0) is 30.0. The molecule has 0 saturated carbocycles. The maximum Gasteiger partial charge on any atom is 0.264 e. The number of amides is 2. The molecule has 0 saturated heterocycles. The van der Waals surface area contributed by atoms with Crippen LogP contribution in [0.25, 0.3) is 0 Å². The van der Waals surface area contributed by atoms with Crippen LogP contribution in [0.4, 0.5) is 5.69 Å². The van der Waals surface area contributed by atoms with Crippen molar-refractivity contribution >= 4 is 28.8 Å². The average molecular weight is 597 g/mol. The van der Waals surface area contributed by atoms with E-state index in [2.05, 4.69) is 34.1 Å². The lowest BCUT2D eigenvalue weighted by Crippen LogP contribution is -2.41. The van der Waals surface area contributed by atoms with Gasteiger partial charge in [0.2, 0.25) is 5.91 Å². The van der Waals surface area contributed by atoms with Gasteiger partial charge in [0.15, 0.2) is 6.61 Å². The van der Waals surface area contributed by atoms with Crippen molar-refractivity contribution in [1.82, 2.24) is 14.8 Å². The summed E-state index contributed by atoms with van der Waals surface area (Å²) in [4.78, 5) is 38.3. The molecule has 1 aliphatic rings. The first-order chi connectivity index (χ1) is 21.0. The normalized spacial score (nSPS) is 14.8. The van der Waals surface area contributed by atoms with Gasteiger partial charge in [-0.05, 0) is 55.5 Å². The molecule has 3 aromatic carbocycles. The largest absolute Gasteiger partial charge is 0.484 e. The molecule has 0 fully saturated rings. The molecule has 0 N–H and O–H groups in total. The molecule has 0 aliphatic carbocycles. The Hall–Kier alpha value is -4.01. The number of para-hydroxylation sites is 2. The Bertz CT molecular complexity index is 1490. The summed E-state index contributed by atoms with van der Waals surface area (Å²) < 4.78 is 5.90. The Morgan fingerprint density at radius 3 is 2.28 bits per heavy atom. The molecule has 1 aliphatic heterocycles. The topological polar surface area (TPSA) is 66.0 Å². The van der Waals surface area contributed by atoms with E-state index in [1.54, 1.807) is 11.3 Å². The second kappa shape index (κ2) is 14.9. The van der Waals surface area contributed by atoms with Gasteiger partial charge < -0.3 is 14.5 Å². The number of carbonyl (C=O) groups is 2. The number of ether oxygens (including phenoxy) is 1. The van der Waals surface area contributed by atoms with Crippen molar-refractivity contribution in [3.8, 4) is 5.75 Å². The van der Waals surface area contributed by atoms with Gasteiger partial charge in [-0.3, -0.25) is 14.5 Å². The summed E-state index contributed by atoms with van der Waals surface area (Å²) in [7, 11) is 0. The number of anilines is 1. The van der Waals surface area contributed by atoms with Crippen LogP contribution in [-0.2, 0) is 29.1 Å². The highest BCUT2D eigenvalue weighted by molar-refractivity contribution is 7.09. The summed E-state index contributed by atoms with van der Waals surface area (Å²) in [5, 5.41) is 2.93. The van der Waals surface area contributed by atoms with Crippen LogP contribution in [0.5, 0.6) is 5.75 Å². The van der Waals surface area contributed by atoms with Gasteiger partial charge in [0.1, 0.15) is 5.75 Å². The zero-order valence-corrected chi connectivity index (χ0v) is 25.9. The highest BCUT2D eigenvalue weighted by atomic mass is 32.1. The first-order valence-electron chi connectivity index (χ1n) is 15.0. The average Bonchev–Trinajstić information content (AvgIpc) is 3.42. The van der Waals surface area contributed by atoms with Crippen LogP contribution >= 0.6 is 11.3 Å². The Labute approximate surface area is 258 Å². The van der Waals surface area contributed by atoms with E-state index in [0.29, 0.717) is 25.4 Å². The molecule has 8 heteroatoms. The summed E-state index contributed by atoms with van der Waals surface area (Å²) >= 11 is 1.57. The Morgan fingerprint density at radius 1 is 0.837 bits per heavy atom. The Morgan fingerprint density at radius 2 is 1.56 bits per heavy atom. The van der Waals surface area contributed by atoms with E-state index in [-0.39, 0.29) is 24.8 Å². The summed E-state index contributed by atoms with van der Waals surface area (Å²) in [6.07, 6.45) is 1.96. The molecule has 4 aromatic rings. The van der Waals surface area contributed by atoms with Crippen molar-refractivity contribution < 1.29 is 14.3 Å². The van der Waals surface area contributed by atoms with Gasteiger partial charge in [0.05, 0.1) is 22.8 Å². The van der Waals surface area contributed by atoms with Crippen molar-refractivity contribution in [2.75, 3.05) is 37.7 Å². The number of rotatable bonds is 7. The molecular formula is C35H40N4O3S. The quantitative estimate of drug-likeness (QED) is 0.260. The van der Waals surface area contributed by atoms with Crippen LogP contribution in [0.3, 0.4) is 0 Å². The summed E-state index contributed by atoms with van der Waals surface area (Å²) in [6, 6.07) is 26.0. The van der Waals surface area contributed by atoms with E-state index in [1.165, 1.54) is 5.56 Å². The minimum absolute atomic E-state index is 0.0507. The number of carbonyl (C=O) groups excluding carboxylic acids is 2. The second-order valence-electron chi connectivity index (χ2n) is 11.0. The van der Waals surface area contributed by atoms with Gasteiger partial charge in [-0.15, -0.1) is 11.3 Å². The maximum atomic E-state index is 13.8. The lowest BCUT2D eigenvalue weighted by atomic mass is 10.0. The van der Waals surface area contributed by atoms with Gasteiger partial charge >= 0.3 is 0 Å². The molecule has 0 unspecified atom stereocenters. The molecule has 1 aromatic heterocycles. The fourth-order valence-electron chi connectivity index (χ4n) is 5.64. The van der Waals surface area contributed by atoms with Crippen LogP contribution in [0.2, 0.25) is 0 Å². The molecule has 0 radical (unpaired) electrons. The van der Waals surface area contributed by atoms with Crippen molar-refractivity contribution in [1.29, 1.82) is 0 Å². The third kappa shape index (κ3) is 8.52.